The molecule has 0 amide bonds. The third-order valence-corrected chi connectivity index (χ3v) is 2.50. The van der Waals surface area contributed by atoms with Crippen LogP contribution in [0.4, 0.5) is 5.69 Å². The Morgan fingerprint density at radius 1 is 1.38 bits per heavy atom. The minimum Gasteiger partial charge on any atom is -0.492 e. The van der Waals surface area contributed by atoms with E-state index in [1.165, 1.54) is 0 Å². The highest BCUT2D eigenvalue weighted by Crippen LogP contribution is 2.31. The van der Waals surface area contributed by atoms with E-state index in [9.17, 15) is 0 Å². The van der Waals surface area contributed by atoms with Crippen molar-refractivity contribution in [3.8, 4) is 5.75 Å². The Bertz CT molecular complexity index is 493. The number of nitrogens with zero attached hydrogens (tertiary/aromatic N) is 2. The summed E-state index contributed by atoms with van der Waals surface area (Å²) in [6, 6.07) is 3.76. The molecule has 0 saturated heterocycles. The fourth-order valence-corrected chi connectivity index (χ4v) is 1.72. The molecule has 0 aliphatic rings. The van der Waals surface area contributed by atoms with E-state index in [2.05, 4.69) is 5.10 Å². The molecule has 86 valence electrons. The molecular formula is C11H15N3O2. The van der Waals surface area contributed by atoms with Crippen molar-refractivity contribution in [1.82, 2.24) is 9.78 Å². The summed E-state index contributed by atoms with van der Waals surface area (Å²) in [6.07, 6.45) is 1.80. The number of nitrogen functional groups attached to an aromatic ring is 1. The number of benzene rings is 1. The van der Waals surface area contributed by atoms with Crippen LogP contribution in [-0.4, -0.2) is 30.6 Å². The third kappa shape index (κ3) is 1.69. The maximum Gasteiger partial charge on any atom is 0.167 e. The van der Waals surface area contributed by atoms with Crippen LogP contribution in [0, 0.1) is 0 Å². The van der Waals surface area contributed by atoms with Gasteiger partial charge in [-0.25, -0.2) is 0 Å². The number of anilines is 1. The van der Waals surface area contributed by atoms with E-state index < -0.39 is 0 Å². The zero-order valence-electron chi connectivity index (χ0n) is 9.43. The summed E-state index contributed by atoms with van der Waals surface area (Å²) in [4.78, 5) is 0. The van der Waals surface area contributed by atoms with Crippen molar-refractivity contribution in [3.05, 3.63) is 18.3 Å². The topological polar surface area (TPSA) is 62.3 Å². The van der Waals surface area contributed by atoms with E-state index in [4.69, 9.17) is 15.2 Å². The Hall–Kier alpha value is -1.75. The molecule has 5 heteroatoms. The minimum absolute atomic E-state index is 0.606. The molecule has 0 aliphatic carbocycles. The van der Waals surface area contributed by atoms with Crippen molar-refractivity contribution in [1.29, 1.82) is 0 Å². The van der Waals surface area contributed by atoms with Gasteiger partial charge in [-0.15, -0.1) is 0 Å². The smallest absolute Gasteiger partial charge is 0.167 e. The molecule has 0 aliphatic heterocycles. The van der Waals surface area contributed by atoms with Crippen molar-refractivity contribution in [2.24, 2.45) is 0 Å². The molecule has 0 radical (unpaired) electrons. The predicted molar refractivity (Wildman–Crippen MR) is 62.6 cm³/mol. The molecule has 2 rings (SSSR count). The van der Waals surface area contributed by atoms with Crippen LogP contribution >= 0.6 is 0 Å². The Balaban J connectivity index is 2.54. The van der Waals surface area contributed by atoms with Crippen molar-refractivity contribution in [3.63, 3.8) is 0 Å². The lowest BCUT2D eigenvalue weighted by atomic mass is 10.2. The van der Waals surface area contributed by atoms with Gasteiger partial charge in [0.2, 0.25) is 0 Å². The van der Waals surface area contributed by atoms with E-state index in [-0.39, 0.29) is 0 Å². The molecule has 0 bridgehead atoms. The van der Waals surface area contributed by atoms with Crippen LogP contribution in [0.25, 0.3) is 10.9 Å². The first kappa shape index (κ1) is 10.8. The quantitative estimate of drug-likeness (QED) is 0.790. The highest BCUT2D eigenvalue weighted by molar-refractivity contribution is 5.89. The number of hydrogen-bond acceptors (Lipinski definition) is 4. The first-order valence-electron chi connectivity index (χ1n) is 5.05. The second-order valence-electron chi connectivity index (χ2n) is 3.49. The summed E-state index contributed by atoms with van der Waals surface area (Å²) in [6.45, 7) is 1.29. The lowest BCUT2D eigenvalue weighted by molar-refractivity contribution is 0.184. The number of rotatable bonds is 4. The van der Waals surface area contributed by atoms with Gasteiger partial charge in [-0.3, -0.25) is 4.68 Å². The lowest BCUT2D eigenvalue weighted by Crippen LogP contribution is -2.06. The first-order chi connectivity index (χ1) is 7.77. The van der Waals surface area contributed by atoms with Gasteiger partial charge in [0, 0.05) is 12.5 Å². The summed E-state index contributed by atoms with van der Waals surface area (Å²) in [5.74, 6) is 0.672. The van der Waals surface area contributed by atoms with Crippen molar-refractivity contribution in [2.45, 2.75) is 6.54 Å². The van der Waals surface area contributed by atoms with E-state index in [1.807, 2.05) is 16.8 Å². The van der Waals surface area contributed by atoms with E-state index in [0.717, 1.165) is 10.9 Å². The maximum absolute atomic E-state index is 5.86. The number of fused-ring (bicyclic) bond motifs is 1. The third-order valence-electron chi connectivity index (χ3n) is 2.50. The van der Waals surface area contributed by atoms with Crippen LogP contribution in [0.3, 0.4) is 0 Å². The largest absolute Gasteiger partial charge is 0.492 e. The average molecular weight is 221 g/mol. The summed E-state index contributed by atoms with van der Waals surface area (Å²) in [5.41, 5.74) is 7.39. The van der Waals surface area contributed by atoms with Gasteiger partial charge < -0.3 is 15.2 Å². The number of aromatic nitrogens is 2. The highest BCUT2D eigenvalue weighted by Gasteiger charge is 2.11. The standard InChI is InChI=1S/C11H15N3O2/c1-15-6-5-14-10-8(7-13-14)3-4-9(12)11(10)16-2/h3-4,7H,5-6,12H2,1-2H3. The molecule has 0 spiro atoms. The number of ether oxygens (including phenoxy) is 2. The van der Waals surface area contributed by atoms with Crippen LogP contribution in [0.1, 0.15) is 0 Å². The summed E-state index contributed by atoms with van der Waals surface area (Å²) in [7, 11) is 3.27. The zero-order chi connectivity index (χ0) is 11.5. The van der Waals surface area contributed by atoms with Crippen molar-refractivity contribution < 1.29 is 9.47 Å². The van der Waals surface area contributed by atoms with Crippen LogP contribution < -0.4 is 10.5 Å². The Labute approximate surface area is 93.7 Å². The molecule has 0 saturated carbocycles. The second kappa shape index (κ2) is 4.40. The molecule has 2 aromatic rings. The molecule has 1 aromatic heterocycles. The molecule has 5 nitrogen and oxygen atoms in total. The van der Waals surface area contributed by atoms with E-state index in [1.54, 1.807) is 20.4 Å². The minimum atomic E-state index is 0.606. The van der Waals surface area contributed by atoms with Crippen molar-refractivity contribution in [2.75, 3.05) is 26.6 Å². The molecule has 1 aromatic carbocycles. The van der Waals surface area contributed by atoms with Gasteiger partial charge in [0.15, 0.2) is 5.75 Å². The second-order valence-corrected chi connectivity index (χ2v) is 3.49. The lowest BCUT2D eigenvalue weighted by Gasteiger charge is -2.09. The molecule has 1 heterocycles. The molecular weight excluding hydrogens is 206 g/mol. The fraction of sp³-hybridized carbons (Fsp3) is 0.364. The first-order valence-corrected chi connectivity index (χ1v) is 5.05. The van der Waals surface area contributed by atoms with Gasteiger partial charge >= 0.3 is 0 Å². The van der Waals surface area contributed by atoms with E-state index in [0.29, 0.717) is 24.6 Å². The van der Waals surface area contributed by atoms with Crippen LogP contribution in [0.5, 0.6) is 5.75 Å². The Morgan fingerprint density at radius 2 is 2.19 bits per heavy atom. The Kier molecular flexibility index (Phi) is 2.96. The molecule has 0 unspecified atom stereocenters. The monoisotopic (exact) mass is 221 g/mol. The maximum atomic E-state index is 5.86. The summed E-state index contributed by atoms with van der Waals surface area (Å²) in [5, 5.41) is 5.30. The molecule has 16 heavy (non-hydrogen) atoms. The van der Waals surface area contributed by atoms with Crippen LogP contribution in [-0.2, 0) is 11.3 Å². The van der Waals surface area contributed by atoms with Gasteiger partial charge in [-0.1, -0.05) is 0 Å². The van der Waals surface area contributed by atoms with Gasteiger partial charge in [0.1, 0.15) is 5.52 Å². The van der Waals surface area contributed by atoms with Gasteiger partial charge in [0.05, 0.1) is 32.1 Å². The van der Waals surface area contributed by atoms with Crippen LogP contribution in [0.15, 0.2) is 18.3 Å². The molecule has 2 N–H and O–H groups in total. The number of methoxy groups -OCH3 is 2. The zero-order valence-corrected chi connectivity index (χ0v) is 9.43. The van der Waals surface area contributed by atoms with E-state index >= 15 is 0 Å². The number of hydrogen-bond donors (Lipinski definition) is 1. The molecule has 0 fully saturated rings. The Morgan fingerprint density at radius 3 is 2.88 bits per heavy atom. The van der Waals surface area contributed by atoms with Crippen LogP contribution in [0.2, 0.25) is 0 Å². The molecule has 0 atom stereocenters. The fourth-order valence-electron chi connectivity index (χ4n) is 1.72. The predicted octanol–water partition coefficient (Wildman–Crippen LogP) is 1.27. The number of nitrogens with two attached hydrogens (primary N) is 1. The van der Waals surface area contributed by atoms with Gasteiger partial charge in [0.25, 0.3) is 0 Å². The van der Waals surface area contributed by atoms with Crippen molar-refractivity contribution >= 4 is 16.6 Å². The average Bonchev–Trinajstić information content (AvgIpc) is 2.70. The van der Waals surface area contributed by atoms with Gasteiger partial charge in [-0.2, -0.15) is 5.10 Å². The summed E-state index contributed by atoms with van der Waals surface area (Å²) < 4.78 is 12.2. The SMILES string of the molecule is COCCn1ncc2ccc(N)c(OC)c21. The normalized spacial score (nSPS) is 10.9. The summed E-state index contributed by atoms with van der Waals surface area (Å²) >= 11 is 0. The highest BCUT2D eigenvalue weighted by atomic mass is 16.5. The van der Waals surface area contributed by atoms with Gasteiger partial charge in [-0.05, 0) is 12.1 Å².